The van der Waals surface area contributed by atoms with Gasteiger partial charge in [-0.2, -0.15) is 0 Å². The number of aromatic hydroxyl groups is 1. The number of nitrogens with zero attached hydrogens (tertiary/aromatic N) is 2. The molecule has 4 nitrogen and oxygen atoms in total. The van der Waals surface area contributed by atoms with E-state index in [0.717, 1.165) is 73.6 Å². The Labute approximate surface area is 332 Å². The standard InChI is InChI=1S/C52H54N2O2/c1-49(2,3)36-24-35(45-27-33(20-23-53-45)32-16-12-11-13-17-32)25-37(29-36)56-46-28-34-26-43-44(52(9,10)22-21-51(43,7)8)30-40(34)47(54-46)41-31-42(50(4,5)6)38-18-14-15-19-39(38)48(41)55/h11-20,23-31,55H,21-22H2,1-10H3. The molecule has 0 aliphatic heterocycles. The number of phenols is 1. The smallest absolute Gasteiger partial charge is 0.220 e. The molecule has 0 spiro atoms. The van der Waals surface area contributed by atoms with Gasteiger partial charge in [-0.15, -0.1) is 0 Å². The van der Waals surface area contributed by atoms with Crippen LogP contribution in [0.2, 0.25) is 0 Å². The summed E-state index contributed by atoms with van der Waals surface area (Å²) in [7, 11) is 0. The van der Waals surface area contributed by atoms with Gasteiger partial charge in [0.05, 0.1) is 11.4 Å². The van der Waals surface area contributed by atoms with Crippen molar-refractivity contribution in [2.24, 2.45) is 0 Å². The van der Waals surface area contributed by atoms with Gasteiger partial charge >= 0.3 is 0 Å². The van der Waals surface area contributed by atoms with Gasteiger partial charge in [0.1, 0.15) is 11.5 Å². The van der Waals surface area contributed by atoms with Crippen molar-refractivity contribution in [3.63, 3.8) is 0 Å². The van der Waals surface area contributed by atoms with E-state index in [4.69, 9.17) is 14.7 Å². The number of rotatable bonds is 5. The molecule has 7 aromatic rings. The van der Waals surface area contributed by atoms with Gasteiger partial charge in [0.2, 0.25) is 5.88 Å². The zero-order chi connectivity index (χ0) is 39.8. The molecule has 0 amide bonds. The largest absolute Gasteiger partial charge is 0.507 e. The van der Waals surface area contributed by atoms with Gasteiger partial charge in [0.25, 0.3) is 0 Å². The van der Waals surface area contributed by atoms with Crippen molar-refractivity contribution in [3.8, 4) is 51.0 Å². The van der Waals surface area contributed by atoms with Crippen LogP contribution in [0.25, 0.3) is 55.2 Å². The first-order valence-corrected chi connectivity index (χ1v) is 20.0. The number of ether oxygens (including phenoxy) is 1. The van der Waals surface area contributed by atoms with Crippen molar-refractivity contribution >= 4 is 21.5 Å². The lowest BCUT2D eigenvalue weighted by Gasteiger charge is -2.42. The van der Waals surface area contributed by atoms with Gasteiger partial charge in [-0.05, 0) is 121 Å². The van der Waals surface area contributed by atoms with Crippen molar-refractivity contribution in [1.29, 1.82) is 0 Å². The van der Waals surface area contributed by atoms with Crippen LogP contribution < -0.4 is 4.74 Å². The van der Waals surface area contributed by atoms with Crippen LogP contribution in [0.4, 0.5) is 0 Å². The van der Waals surface area contributed by atoms with Crippen LogP contribution in [0.5, 0.6) is 17.4 Å². The van der Waals surface area contributed by atoms with Crippen molar-refractivity contribution in [2.75, 3.05) is 0 Å². The van der Waals surface area contributed by atoms with Crippen LogP contribution in [0.3, 0.4) is 0 Å². The maximum absolute atomic E-state index is 12.2. The van der Waals surface area contributed by atoms with E-state index < -0.39 is 0 Å². The Morgan fingerprint density at radius 2 is 1.27 bits per heavy atom. The molecule has 0 unspecified atom stereocenters. The third-order valence-electron chi connectivity index (χ3n) is 12.0. The van der Waals surface area contributed by atoms with Crippen molar-refractivity contribution < 1.29 is 9.84 Å². The van der Waals surface area contributed by atoms with Crippen LogP contribution >= 0.6 is 0 Å². The van der Waals surface area contributed by atoms with Crippen molar-refractivity contribution in [3.05, 3.63) is 138 Å². The zero-order valence-electron chi connectivity index (χ0n) is 34.6. The van der Waals surface area contributed by atoms with Crippen LogP contribution in [0.1, 0.15) is 104 Å². The zero-order valence-corrected chi connectivity index (χ0v) is 34.6. The highest BCUT2D eigenvalue weighted by molar-refractivity contribution is 6.03. The Morgan fingerprint density at radius 3 is 1.95 bits per heavy atom. The molecule has 0 bridgehead atoms. The fourth-order valence-corrected chi connectivity index (χ4v) is 8.47. The number of fused-ring (bicyclic) bond motifs is 3. The average molecular weight is 739 g/mol. The highest BCUT2D eigenvalue weighted by atomic mass is 16.5. The second-order valence-electron chi connectivity index (χ2n) is 19.2. The molecule has 4 heteroatoms. The Morgan fingerprint density at radius 1 is 0.607 bits per heavy atom. The molecule has 8 rings (SSSR count). The lowest BCUT2D eigenvalue weighted by atomic mass is 9.62. The van der Waals surface area contributed by atoms with E-state index in [1.54, 1.807) is 0 Å². The van der Waals surface area contributed by atoms with Crippen LogP contribution in [0.15, 0.2) is 115 Å². The summed E-state index contributed by atoms with van der Waals surface area (Å²) in [5.41, 5.74) is 10.3. The monoisotopic (exact) mass is 738 g/mol. The number of benzene rings is 5. The summed E-state index contributed by atoms with van der Waals surface area (Å²) in [6.07, 6.45) is 4.10. The van der Waals surface area contributed by atoms with Crippen molar-refractivity contribution in [1.82, 2.24) is 9.97 Å². The topological polar surface area (TPSA) is 55.2 Å². The molecule has 1 aliphatic carbocycles. The minimum absolute atomic E-state index is 0.00311. The molecule has 2 aromatic heterocycles. The minimum atomic E-state index is -0.174. The summed E-state index contributed by atoms with van der Waals surface area (Å²) in [6, 6.07) is 38.1. The second kappa shape index (κ2) is 13.3. The van der Waals surface area contributed by atoms with Gasteiger partial charge in [0.15, 0.2) is 0 Å². The SMILES string of the molecule is CC(C)(C)c1cc(Oc2cc3cc4c(cc3c(-c3cc(C(C)(C)C)c5ccccc5c3O)n2)C(C)(C)CCC4(C)C)cc(-c2cc(-c3ccccc3)ccn2)c1. The normalized spacial score (nSPS) is 15.2. The highest BCUT2D eigenvalue weighted by Gasteiger charge is 2.38. The van der Waals surface area contributed by atoms with Gasteiger partial charge in [-0.3, -0.25) is 4.98 Å². The van der Waals surface area contributed by atoms with Crippen LogP contribution in [-0.2, 0) is 21.7 Å². The molecule has 0 saturated carbocycles. The molecule has 1 aliphatic rings. The number of hydrogen-bond acceptors (Lipinski definition) is 4. The van der Waals surface area contributed by atoms with Gasteiger partial charge in [-0.25, -0.2) is 4.98 Å². The Balaban J connectivity index is 1.36. The number of pyridine rings is 2. The van der Waals surface area contributed by atoms with Gasteiger partial charge < -0.3 is 9.84 Å². The summed E-state index contributed by atoms with van der Waals surface area (Å²) in [4.78, 5) is 10.2. The molecule has 0 fully saturated rings. The third-order valence-corrected chi connectivity index (χ3v) is 12.0. The van der Waals surface area contributed by atoms with Crippen molar-refractivity contribution in [2.45, 2.75) is 104 Å². The summed E-state index contributed by atoms with van der Waals surface area (Å²) in [6.45, 7) is 22.8. The molecular formula is C52H54N2O2. The first-order valence-electron chi connectivity index (χ1n) is 20.0. The summed E-state index contributed by atoms with van der Waals surface area (Å²) >= 11 is 0. The first kappa shape index (κ1) is 37.4. The fraction of sp³-hybridized carbons (Fsp3) is 0.308. The molecule has 0 radical (unpaired) electrons. The molecule has 5 aromatic carbocycles. The van der Waals surface area contributed by atoms with Gasteiger partial charge in [0, 0.05) is 34.2 Å². The minimum Gasteiger partial charge on any atom is -0.507 e. The summed E-state index contributed by atoms with van der Waals surface area (Å²) in [5, 5.41) is 16.1. The predicted molar refractivity (Wildman–Crippen MR) is 234 cm³/mol. The third kappa shape index (κ3) is 6.84. The molecule has 0 atom stereocenters. The molecule has 1 N–H and O–H groups in total. The molecule has 56 heavy (non-hydrogen) atoms. The highest BCUT2D eigenvalue weighted by Crippen LogP contribution is 2.50. The van der Waals surface area contributed by atoms with Crippen LogP contribution in [-0.4, -0.2) is 15.1 Å². The summed E-state index contributed by atoms with van der Waals surface area (Å²) in [5.74, 6) is 1.40. The lowest BCUT2D eigenvalue weighted by Crippen LogP contribution is -2.33. The average Bonchev–Trinajstić information content (AvgIpc) is 3.16. The molecule has 2 heterocycles. The van der Waals surface area contributed by atoms with E-state index >= 15 is 0 Å². The molecule has 284 valence electrons. The number of hydrogen-bond donors (Lipinski definition) is 1. The number of aromatic nitrogens is 2. The second-order valence-corrected chi connectivity index (χ2v) is 19.2. The lowest BCUT2D eigenvalue weighted by molar-refractivity contribution is 0.332. The van der Waals surface area contributed by atoms with E-state index in [9.17, 15) is 5.11 Å². The molecule has 0 saturated heterocycles. The molecular weight excluding hydrogens is 685 g/mol. The summed E-state index contributed by atoms with van der Waals surface area (Å²) < 4.78 is 6.90. The predicted octanol–water partition coefficient (Wildman–Crippen LogP) is 14.2. The Kier molecular flexibility index (Phi) is 8.91. The maximum atomic E-state index is 12.2. The number of phenolic OH excluding ortho intramolecular Hbond substituents is 1. The quantitative estimate of drug-likeness (QED) is 0.191. The Hall–Kier alpha value is -5.48. The van der Waals surface area contributed by atoms with E-state index in [1.165, 1.54) is 11.1 Å². The first-order chi connectivity index (χ1) is 26.4. The Bertz CT molecular complexity index is 2640. The fourth-order valence-electron chi connectivity index (χ4n) is 8.47. The maximum Gasteiger partial charge on any atom is 0.220 e. The van der Waals surface area contributed by atoms with Crippen LogP contribution in [0, 0.1) is 0 Å². The van der Waals surface area contributed by atoms with E-state index in [2.05, 4.69) is 154 Å². The van der Waals surface area contributed by atoms with E-state index in [0.29, 0.717) is 17.2 Å². The van der Waals surface area contributed by atoms with Gasteiger partial charge in [-0.1, -0.05) is 130 Å². The van der Waals surface area contributed by atoms with E-state index in [-0.39, 0.29) is 27.4 Å². The van der Waals surface area contributed by atoms with E-state index in [1.807, 2.05) is 30.5 Å².